The molecular weight excluding hydrogens is 349 g/mol. The van der Waals surface area contributed by atoms with Gasteiger partial charge >= 0.3 is 0 Å². The van der Waals surface area contributed by atoms with Crippen LogP contribution in [0.4, 0.5) is 0 Å². The van der Waals surface area contributed by atoms with Crippen LogP contribution >= 0.6 is 0 Å². The maximum Gasteiger partial charge on any atom is 0.156 e. The molecule has 2 rings (SSSR count). The number of carbonyl (C=O) groups is 1. The van der Waals surface area contributed by atoms with E-state index in [-0.39, 0.29) is 36.8 Å². The van der Waals surface area contributed by atoms with Crippen molar-refractivity contribution in [1.29, 1.82) is 0 Å². The molecule has 0 aromatic rings. The summed E-state index contributed by atoms with van der Waals surface area (Å²) >= 11 is 0. The number of aliphatic hydroxyl groups is 1. The van der Waals surface area contributed by atoms with Gasteiger partial charge in [-0.25, -0.2) is 0 Å². The van der Waals surface area contributed by atoms with E-state index >= 15 is 0 Å². The molecule has 1 saturated carbocycles. The van der Waals surface area contributed by atoms with Crippen molar-refractivity contribution < 1.29 is 29.4 Å². The van der Waals surface area contributed by atoms with Gasteiger partial charge in [-0.2, -0.15) is 0 Å². The first kappa shape index (κ1) is 21.0. The molecule has 2 aliphatic carbocycles. The molecule has 0 aromatic carbocycles. The van der Waals surface area contributed by atoms with Crippen molar-refractivity contribution in [2.45, 2.75) is 79.8 Å². The number of carbonyl (C=O) groups excluding carboxylic acids is 1. The Hall–Kier alpha value is -0.00662. The van der Waals surface area contributed by atoms with E-state index in [2.05, 4.69) is 34.6 Å². The molecule has 1 fully saturated rings. The Morgan fingerprint density at radius 2 is 1.67 bits per heavy atom. The van der Waals surface area contributed by atoms with Gasteiger partial charge in [0.2, 0.25) is 0 Å². The Labute approximate surface area is 143 Å². The molecule has 0 aromatic heterocycles. The fourth-order valence-electron chi connectivity index (χ4n) is 3.96. The summed E-state index contributed by atoms with van der Waals surface area (Å²) in [6.07, 6.45) is 6.76. The zero-order valence-electron chi connectivity index (χ0n) is 14.5. The van der Waals surface area contributed by atoms with E-state index in [0.29, 0.717) is 17.8 Å². The van der Waals surface area contributed by atoms with E-state index in [1.165, 1.54) is 12.0 Å². The van der Waals surface area contributed by atoms with Crippen LogP contribution in [0.5, 0.6) is 0 Å². The fraction of sp³-hybridized carbons (Fsp3) is 0.833. The van der Waals surface area contributed by atoms with Crippen LogP contribution in [0.2, 0.25) is 0 Å². The van der Waals surface area contributed by atoms with Gasteiger partial charge in [0.25, 0.3) is 0 Å². The van der Waals surface area contributed by atoms with Gasteiger partial charge in [0.15, 0.2) is 5.78 Å². The number of aliphatic hydroxyl groups excluding tert-OH is 1. The first-order chi connectivity index (χ1) is 8.99. The molecule has 0 saturated heterocycles. The number of ketones is 1. The normalized spacial score (nSPS) is 30.4. The quantitative estimate of drug-likeness (QED) is 0.627. The van der Waals surface area contributed by atoms with Crippen molar-refractivity contribution in [3.05, 3.63) is 11.6 Å². The third-order valence-corrected chi connectivity index (χ3v) is 4.18. The molecular formula is C18H32O2Ru. The zero-order valence-corrected chi connectivity index (χ0v) is 16.2. The monoisotopic (exact) mass is 382 g/mol. The molecule has 2 aliphatic rings. The molecule has 1 N–H and O–H groups in total. The van der Waals surface area contributed by atoms with Gasteiger partial charge in [-0.3, -0.25) is 4.79 Å². The zero-order chi connectivity index (χ0) is 15.6. The molecule has 0 bridgehead atoms. The van der Waals surface area contributed by atoms with Crippen molar-refractivity contribution in [1.82, 2.24) is 0 Å². The average Bonchev–Trinajstić information content (AvgIpc) is 2.08. The number of rotatable bonds is 0. The summed E-state index contributed by atoms with van der Waals surface area (Å²) in [7, 11) is 0. The Morgan fingerprint density at radius 3 is 2.05 bits per heavy atom. The standard InChI is InChI=1S/C9H18O.C9H14O.Ru/c2*1-7-4-8(10)6-9(2,3)5-7;/h7-8,10H,4-6H2,1-3H3;4H,5-6H2,1-3H3;. The largest absolute Gasteiger partial charge is 0.393 e. The van der Waals surface area contributed by atoms with Crippen LogP contribution in [-0.2, 0) is 24.3 Å². The Morgan fingerprint density at radius 1 is 1.10 bits per heavy atom. The first-order valence-corrected chi connectivity index (χ1v) is 7.87. The smallest absolute Gasteiger partial charge is 0.156 e. The molecule has 21 heavy (non-hydrogen) atoms. The van der Waals surface area contributed by atoms with E-state index in [9.17, 15) is 9.90 Å². The number of allylic oxidation sites excluding steroid dienone is 2. The van der Waals surface area contributed by atoms with Crippen molar-refractivity contribution in [3.63, 3.8) is 0 Å². The van der Waals surface area contributed by atoms with Gasteiger partial charge in [0, 0.05) is 25.9 Å². The second-order valence-electron chi connectivity index (χ2n) is 8.54. The van der Waals surface area contributed by atoms with Crippen LogP contribution in [0.3, 0.4) is 0 Å². The molecule has 0 spiro atoms. The van der Waals surface area contributed by atoms with Gasteiger partial charge in [-0.1, -0.05) is 40.2 Å². The average molecular weight is 382 g/mol. The van der Waals surface area contributed by atoms with Gasteiger partial charge < -0.3 is 5.11 Å². The molecule has 2 nitrogen and oxygen atoms in total. The number of hydrogen-bond acceptors (Lipinski definition) is 2. The number of hydrogen-bond donors (Lipinski definition) is 1. The Balaban J connectivity index is 0.000000364. The molecule has 0 radical (unpaired) electrons. The molecule has 0 heterocycles. The first-order valence-electron chi connectivity index (χ1n) is 7.87. The van der Waals surface area contributed by atoms with E-state index in [4.69, 9.17) is 0 Å². The third kappa shape index (κ3) is 8.26. The van der Waals surface area contributed by atoms with Gasteiger partial charge in [0.1, 0.15) is 0 Å². The van der Waals surface area contributed by atoms with Gasteiger partial charge in [0.05, 0.1) is 6.10 Å². The summed E-state index contributed by atoms with van der Waals surface area (Å²) in [5.41, 5.74) is 1.80. The minimum Gasteiger partial charge on any atom is -0.393 e. The molecule has 2 unspecified atom stereocenters. The van der Waals surface area contributed by atoms with Crippen LogP contribution in [-0.4, -0.2) is 17.0 Å². The van der Waals surface area contributed by atoms with E-state index in [1.54, 1.807) is 6.08 Å². The predicted molar refractivity (Wildman–Crippen MR) is 84.6 cm³/mol. The molecule has 3 heteroatoms. The minimum absolute atomic E-state index is 0. The summed E-state index contributed by atoms with van der Waals surface area (Å²) < 4.78 is 0. The second-order valence-corrected chi connectivity index (χ2v) is 8.54. The van der Waals surface area contributed by atoms with Crippen molar-refractivity contribution in [3.8, 4) is 0 Å². The van der Waals surface area contributed by atoms with Crippen molar-refractivity contribution in [2.75, 3.05) is 0 Å². The topological polar surface area (TPSA) is 37.3 Å². The van der Waals surface area contributed by atoms with E-state index in [1.807, 2.05) is 6.92 Å². The van der Waals surface area contributed by atoms with Crippen LogP contribution in [0.25, 0.3) is 0 Å². The van der Waals surface area contributed by atoms with Crippen LogP contribution in [0.1, 0.15) is 73.6 Å². The maximum atomic E-state index is 11.0. The van der Waals surface area contributed by atoms with Crippen LogP contribution in [0, 0.1) is 16.7 Å². The van der Waals surface area contributed by atoms with E-state index in [0.717, 1.165) is 19.3 Å². The summed E-state index contributed by atoms with van der Waals surface area (Å²) in [5.74, 6) is 0.993. The molecule has 0 aliphatic heterocycles. The molecule has 0 amide bonds. The minimum atomic E-state index is -0.0428. The van der Waals surface area contributed by atoms with Gasteiger partial charge in [-0.15, -0.1) is 0 Å². The maximum absolute atomic E-state index is 11.0. The molecule has 124 valence electrons. The SMILES string of the molecule is CC1=CC(=O)CC(C)(C)C1.CC1CC(O)CC(C)(C)C1.[Ru]. The summed E-state index contributed by atoms with van der Waals surface area (Å²) in [5, 5.41) is 9.42. The third-order valence-electron chi connectivity index (χ3n) is 4.18. The summed E-state index contributed by atoms with van der Waals surface area (Å²) in [6, 6.07) is 0. The van der Waals surface area contributed by atoms with Crippen molar-refractivity contribution in [2.24, 2.45) is 16.7 Å². The Kier molecular flexibility index (Phi) is 8.01. The Bertz CT molecular complexity index is 371. The summed E-state index contributed by atoms with van der Waals surface area (Å²) in [4.78, 5) is 11.0. The van der Waals surface area contributed by atoms with Crippen molar-refractivity contribution >= 4 is 5.78 Å². The second kappa shape index (κ2) is 8.02. The fourth-order valence-corrected chi connectivity index (χ4v) is 3.96. The van der Waals surface area contributed by atoms with Crippen LogP contribution in [0.15, 0.2) is 11.6 Å². The summed E-state index contributed by atoms with van der Waals surface area (Å²) in [6.45, 7) is 13.0. The van der Waals surface area contributed by atoms with Crippen LogP contribution < -0.4 is 0 Å². The molecule has 2 atom stereocenters. The van der Waals surface area contributed by atoms with E-state index < -0.39 is 0 Å². The van der Waals surface area contributed by atoms with Gasteiger partial charge in [-0.05, 0) is 55.4 Å². The predicted octanol–water partition coefficient (Wildman–Crippen LogP) is 4.51.